The lowest BCUT2D eigenvalue weighted by atomic mass is 10.2. The first-order valence-electron chi connectivity index (χ1n) is 3.56. The maximum Gasteiger partial charge on any atom is 0.320 e. The van der Waals surface area contributed by atoms with E-state index in [1.165, 1.54) is 0 Å². The number of rotatable bonds is 4. The molecule has 0 saturated heterocycles. The molecule has 0 aliphatic rings. The second kappa shape index (κ2) is 4.28. The summed E-state index contributed by atoms with van der Waals surface area (Å²) in [6.07, 6.45) is 0.956. The van der Waals surface area contributed by atoms with Crippen molar-refractivity contribution in [3.63, 3.8) is 0 Å². The van der Waals surface area contributed by atoms with Gasteiger partial charge in [-0.3, -0.25) is 4.79 Å². The molecule has 60 valence electrons. The van der Waals surface area contributed by atoms with Crippen LogP contribution < -0.4 is 5.32 Å². The van der Waals surface area contributed by atoms with Gasteiger partial charge in [0.15, 0.2) is 0 Å². The Morgan fingerprint density at radius 3 is 2.40 bits per heavy atom. The van der Waals surface area contributed by atoms with Crippen molar-refractivity contribution in [3.05, 3.63) is 0 Å². The number of carbonyl (C=O) groups is 1. The number of nitrogens with one attached hydrogen (secondary N) is 1. The molecule has 3 heteroatoms. The van der Waals surface area contributed by atoms with Crippen molar-refractivity contribution in [2.75, 3.05) is 0 Å². The van der Waals surface area contributed by atoms with Gasteiger partial charge in [-0.1, -0.05) is 6.92 Å². The van der Waals surface area contributed by atoms with Crippen LogP contribution in [0.2, 0.25) is 0 Å². The Kier molecular flexibility index (Phi) is 4.03. The first-order valence-corrected chi connectivity index (χ1v) is 3.56. The number of hydrogen-bond acceptors (Lipinski definition) is 2. The Morgan fingerprint density at radius 2 is 2.10 bits per heavy atom. The average molecular weight is 145 g/mol. The number of carboxylic acids is 1. The predicted molar refractivity (Wildman–Crippen MR) is 40.0 cm³/mol. The summed E-state index contributed by atoms with van der Waals surface area (Å²) in [4.78, 5) is 10.3. The Morgan fingerprint density at radius 1 is 1.60 bits per heavy atom. The third kappa shape index (κ3) is 3.45. The second-order valence-electron chi connectivity index (χ2n) is 2.54. The molecule has 0 aromatic rings. The summed E-state index contributed by atoms with van der Waals surface area (Å²) in [5.74, 6) is -0.791. The van der Waals surface area contributed by atoms with E-state index < -0.39 is 12.0 Å². The monoisotopic (exact) mass is 145 g/mol. The van der Waals surface area contributed by atoms with Gasteiger partial charge in [-0.05, 0) is 20.3 Å². The highest BCUT2D eigenvalue weighted by Gasteiger charge is 2.11. The molecule has 0 aliphatic carbocycles. The molecule has 0 bridgehead atoms. The molecule has 0 unspecified atom stereocenters. The summed E-state index contributed by atoms with van der Waals surface area (Å²) in [6, 6.07) is -0.152. The summed E-state index contributed by atoms with van der Waals surface area (Å²) < 4.78 is 0. The zero-order valence-corrected chi connectivity index (χ0v) is 6.72. The lowest BCUT2D eigenvalue weighted by Gasteiger charge is -2.14. The van der Waals surface area contributed by atoms with Crippen molar-refractivity contribution in [2.24, 2.45) is 0 Å². The average Bonchev–Trinajstić information content (AvgIpc) is 1.87. The van der Waals surface area contributed by atoms with E-state index >= 15 is 0 Å². The number of hydrogen-bond donors (Lipinski definition) is 2. The van der Waals surface area contributed by atoms with E-state index in [-0.39, 0.29) is 6.04 Å². The first-order chi connectivity index (χ1) is 4.57. The van der Waals surface area contributed by atoms with Crippen molar-refractivity contribution in [1.29, 1.82) is 0 Å². The highest BCUT2D eigenvalue weighted by molar-refractivity contribution is 5.72. The molecule has 0 spiro atoms. The summed E-state index contributed by atoms with van der Waals surface area (Å²) >= 11 is 0. The van der Waals surface area contributed by atoms with Gasteiger partial charge in [0.25, 0.3) is 0 Å². The summed E-state index contributed by atoms with van der Waals surface area (Å²) in [6.45, 7) is 5.64. The quantitative estimate of drug-likeness (QED) is 0.616. The van der Waals surface area contributed by atoms with Gasteiger partial charge in [-0.15, -0.1) is 0 Å². The van der Waals surface area contributed by atoms with Crippen LogP contribution in [0.4, 0.5) is 0 Å². The largest absolute Gasteiger partial charge is 0.480 e. The van der Waals surface area contributed by atoms with Crippen LogP contribution in [0.15, 0.2) is 0 Å². The highest BCUT2D eigenvalue weighted by Crippen LogP contribution is 1.91. The van der Waals surface area contributed by atoms with Gasteiger partial charge in [0, 0.05) is 6.04 Å². The van der Waals surface area contributed by atoms with Gasteiger partial charge in [0.2, 0.25) is 0 Å². The minimum Gasteiger partial charge on any atom is -0.480 e. The van der Waals surface area contributed by atoms with Crippen LogP contribution in [0.5, 0.6) is 0 Å². The smallest absolute Gasteiger partial charge is 0.320 e. The maximum absolute atomic E-state index is 10.3. The van der Waals surface area contributed by atoms with Crippen LogP contribution >= 0.6 is 0 Å². The van der Waals surface area contributed by atoms with Crippen molar-refractivity contribution >= 4 is 5.97 Å². The van der Waals surface area contributed by atoms with Crippen LogP contribution in [0, 0.1) is 0 Å². The molecule has 0 aromatic heterocycles. The van der Waals surface area contributed by atoms with Crippen LogP contribution in [0.1, 0.15) is 27.2 Å². The molecule has 0 radical (unpaired) electrons. The molecule has 0 heterocycles. The van der Waals surface area contributed by atoms with Gasteiger partial charge in [0.1, 0.15) is 6.04 Å². The topological polar surface area (TPSA) is 49.3 Å². The molecule has 0 rings (SSSR count). The fourth-order valence-corrected chi connectivity index (χ4v) is 0.616. The Balaban J connectivity index is 3.56. The molecule has 0 amide bonds. The van der Waals surface area contributed by atoms with E-state index in [9.17, 15) is 4.79 Å². The molecule has 3 nitrogen and oxygen atoms in total. The van der Waals surface area contributed by atoms with E-state index in [2.05, 4.69) is 5.32 Å². The fraction of sp³-hybridized carbons (Fsp3) is 0.857. The standard InChI is InChI=1S/C7H15NO2/c1-4-5(2)8-6(3)7(9)10/h5-6,8H,4H2,1-3H3,(H,9,10)/t5-,6+/m1/s1. The molecule has 2 N–H and O–H groups in total. The molecule has 0 aromatic carbocycles. The van der Waals surface area contributed by atoms with E-state index in [4.69, 9.17) is 5.11 Å². The van der Waals surface area contributed by atoms with Gasteiger partial charge >= 0.3 is 5.97 Å². The second-order valence-corrected chi connectivity index (χ2v) is 2.54. The van der Waals surface area contributed by atoms with Gasteiger partial charge in [-0.2, -0.15) is 0 Å². The lowest BCUT2D eigenvalue weighted by molar-refractivity contribution is -0.139. The normalized spacial score (nSPS) is 16.3. The van der Waals surface area contributed by atoms with Crippen molar-refractivity contribution < 1.29 is 9.90 Å². The van der Waals surface area contributed by atoms with Crippen molar-refractivity contribution in [1.82, 2.24) is 5.32 Å². The molecule has 0 aliphatic heterocycles. The maximum atomic E-state index is 10.3. The van der Waals surface area contributed by atoms with Gasteiger partial charge in [0.05, 0.1) is 0 Å². The third-order valence-electron chi connectivity index (χ3n) is 1.52. The minimum atomic E-state index is -0.791. The van der Waals surface area contributed by atoms with Crippen LogP contribution in [-0.2, 0) is 4.79 Å². The molecule has 0 saturated carbocycles. The van der Waals surface area contributed by atoms with Gasteiger partial charge in [-0.25, -0.2) is 0 Å². The Hall–Kier alpha value is -0.570. The third-order valence-corrected chi connectivity index (χ3v) is 1.52. The Labute approximate surface area is 61.4 Å². The Bertz CT molecular complexity index is 114. The minimum absolute atomic E-state index is 0.283. The molecule has 10 heavy (non-hydrogen) atoms. The summed E-state index contributed by atoms with van der Waals surface area (Å²) in [5, 5.41) is 11.4. The van der Waals surface area contributed by atoms with Crippen LogP contribution in [-0.4, -0.2) is 23.2 Å². The first kappa shape index (κ1) is 9.43. The SMILES string of the molecule is CC[C@@H](C)N[C@@H](C)C(=O)O. The van der Waals surface area contributed by atoms with E-state index in [0.717, 1.165) is 6.42 Å². The zero-order chi connectivity index (χ0) is 8.15. The summed E-state index contributed by atoms with van der Waals surface area (Å²) in [7, 11) is 0. The van der Waals surface area contributed by atoms with Crippen molar-refractivity contribution in [3.8, 4) is 0 Å². The number of aliphatic carboxylic acids is 1. The molecule has 2 atom stereocenters. The molecule has 0 fully saturated rings. The van der Waals surface area contributed by atoms with E-state index in [1.54, 1.807) is 6.92 Å². The zero-order valence-electron chi connectivity index (χ0n) is 6.72. The fourth-order valence-electron chi connectivity index (χ4n) is 0.616. The highest BCUT2D eigenvalue weighted by atomic mass is 16.4. The van der Waals surface area contributed by atoms with Crippen LogP contribution in [0.3, 0.4) is 0 Å². The molecular weight excluding hydrogens is 130 g/mol. The van der Waals surface area contributed by atoms with Gasteiger partial charge < -0.3 is 10.4 Å². The lowest BCUT2D eigenvalue weighted by Crippen LogP contribution is -2.39. The number of carboxylic acid groups (broad SMARTS) is 1. The molecular formula is C7H15NO2. The van der Waals surface area contributed by atoms with Crippen LogP contribution in [0.25, 0.3) is 0 Å². The predicted octanol–water partition coefficient (Wildman–Crippen LogP) is 0.848. The van der Waals surface area contributed by atoms with E-state index in [0.29, 0.717) is 0 Å². The van der Waals surface area contributed by atoms with Crippen molar-refractivity contribution in [2.45, 2.75) is 39.3 Å². The van der Waals surface area contributed by atoms with E-state index in [1.807, 2.05) is 13.8 Å². The summed E-state index contributed by atoms with van der Waals surface area (Å²) in [5.41, 5.74) is 0.